The predicted molar refractivity (Wildman–Crippen MR) is 113 cm³/mol. The first-order valence-corrected chi connectivity index (χ1v) is 9.75. The zero-order valence-corrected chi connectivity index (χ0v) is 16.9. The van der Waals surface area contributed by atoms with Gasteiger partial charge in [0.05, 0.1) is 5.56 Å². The highest BCUT2D eigenvalue weighted by atomic mass is 19.4. The lowest BCUT2D eigenvalue weighted by Crippen LogP contribution is -2.25. The summed E-state index contributed by atoms with van der Waals surface area (Å²) in [5.41, 5.74) is 1.77. The molecule has 1 heterocycles. The Labute approximate surface area is 181 Å². The molecule has 0 spiro atoms. The van der Waals surface area contributed by atoms with Gasteiger partial charge in [-0.3, -0.25) is 4.79 Å². The van der Waals surface area contributed by atoms with Gasteiger partial charge in [0.1, 0.15) is 6.04 Å². The van der Waals surface area contributed by atoms with E-state index >= 15 is 0 Å². The summed E-state index contributed by atoms with van der Waals surface area (Å²) in [6.07, 6.45) is -4.48. The van der Waals surface area contributed by atoms with E-state index in [0.29, 0.717) is 5.69 Å². The third-order valence-electron chi connectivity index (χ3n) is 4.87. The van der Waals surface area contributed by atoms with Crippen LogP contribution in [0.15, 0.2) is 78.9 Å². The highest BCUT2D eigenvalue weighted by molar-refractivity contribution is 5.97. The number of anilines is 1. The summed E-state index contributed by atoms with van der Waals surface area (Å²) in [5, 5.41) is 14.7. The van der Waals surface area contributed by atoms with Crippen LogP contribution in [0.3, 0.4) is 0 Å². The van der Waals surface area contributed by atoms with Crippen LogP contribution >= 0.6 is 0 Å². The summed E-state index contributed by atoms with van der Waals surface area (Å²) >= 11 is 0. The molecule has 1 aromatic heterocycles. The van der Waals surface area contributed by atoms with E-state index in [1.807, 2.05) is 48.5 Å². The lowest BCUT2D eigenvalue weighted by atomic mass is 10.0. The lowest BCUT2D eigenvalue weighted by Gasteiger charge is -2.14. The smallest absolute Gasteiger partial charge is 0.324 e. The van der Waals surface area contributed by atoms with E-state index in [4.69, 9.17) is 0 Å². The molecule has 4 aromatic rings. The van der Waals surface area contributed by atoms with Crippen molar-refractivity contribution in [2.75, 3.05) is 5.32 Å². The number of para-hydroxylation sites is 1. The van der Waals surface area contributed by atoms with Crippen LogP contribution in [-0.2, 0) is 11.0 Å². The molecule has 1 unspecified atom stereocenters. The number of halogens is 3. The van der Waals surface area contributed by atoms with E-state index in [-0.39, 0.29) is 17.3 Å². The largest absolute Gasteiger partial charge is 0.416 e. The Hall–Kier alpha value is -4.01. The van der Waals surface area contributed by atoms with Crippen LogP contribution in [0, 0.1) is 0 Å². The molecule has 0 aliphatic heterocycles. The molecular weight excluding hydrogens is 419 g/mol. The Morgan fingerprint density at radius 2 is 1.62 bits per heavy atom. The van der Waals surface area contributed by atoms with E-state index in [0.717, 1.165) is 28.1 Å². The average molecular weight is 437 g/mol. The first kappa shape index (κ1) is 21.2. The highest BCUT2D eigenvalue weighted by Crippen LogP contribution is 2.31. The zero-order chi connectivity index (χ0) is 22.7. The number of benzene rings is 3. The molecule has 1 amide bonds. The van der Waals surface area contributed by atoms with Gasteiger partial charge in [-0.1, -0.05) is 60.7 Å². The summed E-state index contributed by atoms with van der Waals surface area (Å²) in [5.74, 6) is -0.387. The van der Waals surface area contributed by atoms with Crippen molar-refractivity contribution in [1.29, 1.82) is 0 Å². The predicted octanol–water partition coefficient (Wildman–Crippen LogP) is 5.23. The van der Waals surface area contributed by atoms with Crippen LogP contribution in [0.1, 0.15) is 18.5 Å². The molecule has 0 radical (unpaired) electrons. The normalized spacial score (nSPS) is 12.4. The second-order valence-electron chi connectivity index (χ2n) is 7.09. The maximum absolute atomic E-state index is 13.0. The van der Waals surface area contributed by atoms with Crippen molar-refractivity contribution in [2.24, 2.45) is 0 Å². The molecule has 0 aliphatic rings. The second-order valence-corrected chi connectivity index (χ2v) is 7.09. The average Bonchev–Trinajstić information content (AvgIpc) is 3.29. The number of hydrogen-bond acceptors (Lipinski definition) is 4. The van der Waals surface area contributed by atoms with Gasteiger partial charge in [-0.15, -0.1) is 10.2 Å². The fourth-order valence-electron chi connectivity index (χ4n) is 3.14. The minimum Gasteiger partial charge on any atom is -0.324 e. The first-order valence-electron chi connectivity index (χ1n) is 9.75. The first-order chi connectivity index (χ1) is 15.3. The third kappa shape index (κ3) is 4.51. The molecule has 32 heavy (non-hydrogen) atoms. The van der Waals surface area contributed by atoms with Gasteiger partial charge in [0.25, 0.3) is 5.91 Å². The van der Waals surface area contributed by atoms with Crippen LogP contribution in [-0.4, -0.2) is 26.1 Å². The molecule has 6 nitrogen and oxygen atoms in total. The molecule has 0 saturated carbocycles. The minimum atomic E-state index is -4.48. The highest BCUT2D eigenvalue weighted by Gasteiger charge is 2.31. The van der Waals surface area contributed by atoms with Crippen molar-refractivity contribution in [3.8, 4) is 22.5 Å². The third-order valence-corrected chi connectivity index (χ3v) is 4.87. The van der Waals surface area contributed by atoms with Crippen molar-refractivity contribution in [3.63, 3.8) is 0 Å². The minimum absolute atomic E-state index is 0.000403. The van der Waals surface area contributed by atoms with Gasteiger partial charge in [0.15, 0.2) is 0 Å². The van der Waals surface area contributed by atoms with Crippen molar-refractivity contribution in [3.05, 3.63) is 84.4 Å². The van der Waals surface area contributed by atoms with Crippen LogP contribution < -0.4 is 5.32 Å². The number of nitrogens with zero attached hydrogens (tertiary/aromatic N) is 4. The van der Waals surface area contributed by atoms with Gasteiger partial charge >= 0.3 is 6.18 Å². The quantitative estimate of drug-likeness (QED) is 0.464. The van der Waals surface area contributed by atoms with Crippen LogP contribution in [0.2, 0.25) is 0 Å². The Morgan fingerprint density at radius 1 is 0.938 bits per heavy atom. The van der Waals surface area contributed by atoms with Crippen molar-refractivity contribution in [2.45, 2.75) is 19.1 Å². The number of rotatable bonds is 5. The molecular formula is C23H18F3N5O. The maximum Gasteiger partial charge on any atom is 0.416 e. The van der Waals surface area contributed by atoms with E-state index in [9.17, 15) is 18.0 Å². The summed E-state index contributed by atoms with van der Waals surface area (Å²) in [6, 6.07) is 20.8. The Bertz CT molecular complexity index is 1240. The molecule has 4 rings (SSSR count). The van der Waals surface area contributed by atoms with Crippen molar-refractivity contribution >= 4 is 11.6 Å². The second kappa shape index (κ2) is 8.62. The van der Waals surface area contributed by atoms with E-state index in [1.165, 1.54) is 12.1 Å². The molecule has 0 saturated heterocycles. The van der Waals surface area contributed by atoms with Gasteiger partial charge < -0.3 is 5.32 Å². The SMILES string of the molecule is CC(C(=O)Nc1ccccc1-c1ccccc1)n1nnc(-c2cccc(C(F)(F)F)c2)n1. The van der Waals surface area contributed by atoms with Gasteiger partial charge in [0, 0.05) is 16.8 Å². The summed E-state index contributed by atoms with van der Waals surface area (Å²) in [7, 11) is 0. The number of aromatic nitrogens is 4. The number of carbonyl (C=O) groups is 1. The Kier molecular flexibility index (Phi) is 5.72. The number of nitrogens with one attached hydrogen (secondary N) is 1. The number of tetrazole rings is 1. The molecule has 0 aliphatic carbocycles. The van der Waals surface area contributed by atoms with Crippen LogP contribution in [0.4, 0.5) is 18.9 Å². The summed E-state index contributed by atoms with van der Waals surface area (Å²) in [4.78, 5) is 13.9. The fourth-order valence-corrected chi connectivity index (χ4v) is 3.14. The molecule has 0 bridgehead atoms. The van der Waals surface area contributed by atoms with Gasteiger partial charge in [-0.05, 0) is 35.9 Å². The molecule has 162 valence electrons. The topological polar surface area (TPSA) is 72.7 Å². The van der Waals surface area contributed by atoms with Gasteiger partial charge in [-0.25, -0.2) is 0 Å². The number of hydrogen-bond donors (Lipinski definition) is 1. The molecule has 9 heteroatoms. The molecule has 3 aromatic carbocycles. The summed E-state index contributed by atoms with van der Waals surface area (Å²) in [6.45, 7) is 1.58. The van der Waals surface area contributed by atoms with Gasteiger partial charge in [0.2, 0.25) is 5.82 Å². The Balaban J connectivity index is 1.54. The van der Waals surface area contributed by atoms with Crippen LogP contribution in [0.5, 0.6) is 0 Å². The maximum atomic E-state index is 13.0. The lowest BCUT2D eigenvalue weighted by molar-refractivity contribution is -0.137. The summed E-state index contributed by atoms with van der Waals surface area (Å²) < 4.78 is 38.9. The van der Waals surface area contributed by atoms with E-state index < -0.39 is 17.8 Å². The van der Waals surface area contributed by atoms with Crippen molar-refractivity contribution in [1.82, 2.24) is 20.2 Å². The molecule has 1 N–H and O–H groups in total. The standard InChI is InChI=1S/C23H18F3N5O/c1-15(22(32)27-20-13-6-5-12-19(20)16-8-3-2-4-9-16)31-29-21(28-30-31)17-10-7-11-18(14-17)23(24,25)26/h2-15H,1H3,(H,27,32). The monoisotopic (exact) mass is 437 g/mol. The molecule has 0 fully saturated rings. The van der Waals surface area contributed by atoms with E-state index in [1.54, 1.807) is 13.0 Å². The van der Waals surface area contributed by atoms with Crippen molar-refractivity contribution < 1.29 is 18.0 Å². The number of carbonyl (C=O) groups excluding carboxylic acids is 1. The Morgan fingerprint density at radius 3 is 2.38 bits per heavy atom. The zero-order valence-electron chi connectivity index (χ0n) is 16.9. The number of alkyl halides is 3. The van der Waals surface area contributed by atoms with Crippen LogP contribution in [0.25, 0.3) is 22.5 Å². The van der Waals surface area contributed by atoms with E-state index in [2.05, 4.69) is 20.7 Å². The fraction of sp³-hybridized carbons (Fsp3) is 0.130. The van der Waals surface area contributed by atoms with Gasteiger partial charge in [-0.2, -0.15) is 18.0 Å². The molecule has 1 atom stereocenters. The number of amides is 1.